The van der Waals surface area contributed by atoms with E-state index in [2.05, 4.69) is 15.3 Å². The molecule has 0 spiro atoms. The molecule has 4 nitrogen and oxygen atoms in total. The number of benzene rings is 1. The molecule has 1 heterocycles. The predicted octanol–water partition coefficient (Wildman–Crippen LogP) is 3.91. The van der Waals surface area contributed by atoms with Crippen LogP contribution in [-0.4, -0.2) is 21.1 Å². The van der Waals surface area contributed by atoms with Gasteiger partial charge >= 0.3 is 0 Å². The molecule has 0 fully saturated rings. The van der Waals surface area contributed by atoms with Gasteiger partial charge in [0.05, 0.1) is 5.25 Å². The molecule has 1 amide bonds. The summed E-state index contributed by atoms with van der Waals surface area (Å²) >= 11 is 1.48. The maximum atomic E-state index is 12.5. The van der Waals surface area contributed by atoms with Crippen molar-refractivity contribution in [3.05, 3.63) is 47.4 Å². The van der Waals surface area contributed by atoms with E-state index in [1.165, 1.54) is 18.1 Å². The fourth-order valence-electron chi connectivity index (χ4n) is 2.05. The number of anilines is 1. The molecular weight excluding hydrogens is 294 g/mol. The number of aryl methyl sites for hydroxylation is 3. The second-order valence-electron chi connectivity index (χ2n) is 5.32. The van der Waals surface area contributed by atoms with Crippen LogP contribution >= 0.6 is 11.8 Å². The third kappa shape index (κ3) is 4.31. The van der Waals surface area contributed by atoms with Crippen LogP contribution in [0.1, 0.15) is 30.2 Å². The molecule has 2 aromatic rings. The molecule has 1 aromatic carbocycles. The molecule has 1 unspecified atom stereocenters. The molecule has 0 aliphatic rings. The van der Waals surface area contributed by atoms with Crippen LogP contribution in [0.3, 0.4) is 0 Å². The van der Waals surface area contributed by atoms with Crippen molar-refractivity contribution in [3.63, 3.8) is 0 Å². The molecule has 0 bridgehead atoms. The number of aromatic nitrogens is 2. The minimum absolute atomic E-state index is 0.0115. The lowest BCUT2D eigenvalue weighted by atomic mass is 10.1. The van der Waals surface area contributed by atoms with Gasteiger partial charge in [-0.1, -0.05) is 30.8 Å². The van der Waals surface area contributed by atoms with Gasteiger partial charge in [0.1, 0.15) is 11.4 Å². The van der Waals surface area contributed by atoms with E-state index in [0.717, 1.165) is 34.0 Å². The summed E-state index contributed by atoms with van der Waals surface area (Å²) in [6.07, 6.45) is 2.28. The zero-order valence-electron chi connectivity index (χ0n) is 13.4. The standard InChI is InChI=1S/C17H21N3OS/c1-5-15(22-16-9-13(4)18-10-19-16)17(21)20-14-8-11(2)6-7-12(14)3/h6-10,15H,5H2,1-4H3,(H,20,21). The Morgan fingerprint density at radius 1 is 1.23 bits per heavy atom. The number of hydrogen-bond acceptors (Lipinski definition) is 4. The highest BCUT2D eigenvalue weighted by molar-refractivity contribution is 8.00. The zero-order valence-corrected chi connectivity index (χ0v) is 14.2. The quantitative estimate of drug-likeness (QED) is 0.671. The van der Waals surface area contributed by atoms with Gasteiger partial charge in [0.15, 0.2) is 0 Å². The van der Waals surface area contributed by atoms with Crippen molar-refractivity contribution in [1.82, 2.24) is 9.97 Å². The first-order chi connectivity index (χ1) is 10.5. The SMILES string of the molecule is CCC(Sc1cc(C)ncn1)C(=O)Nc1cc(C)ccc1C. The molecule has 1 N–H and O–H groups in total. The van der Waals surface area contributed by atoms with Crippen LogP contribution in [0.5, 0.6) is 0 Å². The van der Waals surface area contributed by atoms with Gasteiger partial charge in [-0.05, 0) is 50.5 Å². The maximum Gasteiger partial charge on any atom is 0.237 e. The number of nitrogens with zero attached hydrogens (tertiary/aromatic N) is 2. The third-order valence-electron chi connectivity index (χ3n) is 3.36. The average molecular weight is 315 g/mol. The number of amides is 1. The number of rotatable bonds is 5. The largest absolute Gasteiger partial charge is 0.325 e. The molecule has 116 valence electrons. The number of carbonyl (C=O) groups excluding carboxylic acids is 1. The first-order valence-corrected chi connectivity index (χ1v) is 8.21. The molecule has 0 saturated heterocycles. The molecule has 22 heavy (non-hydrogen) atoms. The Kier molecular flexibility index (Phi) is 5.55. The van der Waals surface area contributed by atoms with Crippen molar-refractivity contribution in [2.45, 2.75) is 44.4 Å². The number of thioether (sulfide) groups is 1. The Hall–Kier alpha value is -1.88. The van der Waals surface area contributed by atoms with Gasteiger partial charge in [0.25, 0.3) is 0 Å². The highest BCUT2D eigenvalue weighted by Gasteiger charge is 2.19. The molecule has 2 rings (SSSR count). The summed E-state index contributed by atoms with van der Waals surface area (Å²) in [5.74, 6) is 0.0115. The monoisotopic (exact) mass is 315 g/mol. The first-order valence-electron chi connectivity index (χ1n) is 7.33. The van der Waals surface area contributed by atoms with Crippen LogP contribution in [0.2, 0.25) is 0 Å². The number of hydrogen-bond donors (Lipinski definition) is 1. The van der Waals surface area contributed by atoms with E-state index < -0.39 is 0 Å². The van der Waals surface area contributed by atoms with Gasteiger partial charge in [-0.2, -0.15) is 0 Å². The van der Waals surface area contributed by atoms with Gasteiger partial charge in [-0.3, -0.25) is 4.79 Å². The summed E-state index contributed by atoms with van der Waals surface area (Å²) in [6, 6.07) is 7.96. The molecule has 5 heteroatoms. The molecular formula is C17H21N3OS. The number of carbonyl (C=O) groups is 1. The first kappa shape index (κ1) is 16.5. The fourth-order valence-corrected chi connectivity index (χ4v) is 3.02. The van der Waals surface area contributed by atoms with Crippen LogP contribution in [-0.2, 0) is 4.79 Å². The molecule has 1 aromatic heterocycles. The van der Waals surface area contributed by atoms with Crippen molar-refractivity contribution in [2.75, 3.05) is 5.32 Å². The van der Waals surface area contributed by atoms with Crippen LogP contribution in [0.15, 0.2) is 35.6 Å². The molecule has 0 saturated carbocycles. The van der Waals surface area contributed by atoms with Crippen LogP contribution < -0.4 is 5.32 Å². The highest BCUT2D eigenvalue weighted by atomic mass is 32.2. The topological polar surface area (TPSA) is 54.9 Å². The Morgan fingerprint density at radius 2 is 2.00 bits per heavy atom. The molecule has 1 atom stereocenters. The lowest BCUT2D eigenvalue weighted by Crippen LogP contribution is -2.25. The van der Waals surface area contributed by atoms with Crippen molar-refractivity contribution in [1.29, 1.82) is 0 Å². The third-order valence-corrected chi connectivity index (χ3v) is 4.65. The van der Waals surface area contributed by atoms with E-state index in [0.29, 0.717) is 0 Å². The molecule has 0 aliphatic heterocycles. The number of nitrogens with one attached hydrogen (secondary N) is 1. The second kappa shape index (κ2) is 7.40. The van der Waals surface area contributed by atoms with Crippen LogP contribution in [0.4, 0.5) is 5.69 Å². The molecule has 0 aliphatic carbocycles. The Labute approximate surface area is 135 Å². The van der Waals surface area contributed by atoms with E-state index >= 15 is 0 Å². The normalized spacial score (nSPS) is 12.0. The maximum absolute atomic E-state index is 12.5. The van der Waals surface area contributed by atoms with Gasteiger partial charge in [0, 0.05) is 11.4 Å². The van der Waals surface area contributed by atoms with E-state index in [9.17, 15) is 4.79 Å². The van der Waals surface area contributed by atoms with Gasteiger partial charge in [-0.25, -0.2) is 9.97 Å². The average Bonchev–Trinajstić information content (AvgIpc) is 2.48. The fraction of sp³-hybridized carbons (Fsp3) is 0.353. The summed E-state index contributed by atoms with van der Waals surface area (Å²) in [4.78, 5) is 20.8. The summed E-state index contributed by atoms with van der Waals surface area (Å²) < 4.78 is 0. The zero-order chi connectivity index (χ0) is 16.1. The van der Waals surface area contributed by atoms with Crippen molar-refractivity contribution < 1.29 is 4.79 Å². The van der Waals surface area contributed by atoms with E-state index in [-0.39, 0.29) is 11.2 Å². The summed E-state index contributed by atoms with van der Waals surface area (Å²) in [7, 11) is 0. The minimum atomic E-state index is -0.172. The highest BCUT2D eigenvalue weighted by Crippen LogP contribution is 2.25. The van der Waals surface area contributed by atoms with Crippen molar-refractivity contribution >= 4 is 23.4 Å². The predicted molar refractivity (Wildman–Crippen MR) is 91.3 cm³/mol. The summed E-state index contributed by atoms with van der Waals surface area (Å²) in [5, 5.41) is 3.69. The lowest BCUT2D eigenvalue weighted by molar-refractivity contribution is -0.115. The van der Waals surface area contributed by atoms with Crippen molar-refractivity contribution in [3.8, 4) is 0 Å². The second-order valence-corrected chi connectivity index (χ2v) is 6.54. The van der Waals surface area contributed by atoms with Crippen LogP contribution in [0.25, 0.3) is 0 Å². The van der Waals surface area contributed by atoms with E-state index in [1.54, 1.807) is 0 Å². The Bertz CT molecular complexity index is 673. The molecule has 0 radical (unpaired) electrons. The lowest BCUT2D eigenvalue weighted by Gasteiger charge is -2.16. The smallest absolute Gasteiger partial charge is 0.237 e. The van der Waals surface area contributed by atoms with Crippen molar-refractivity contribution in [2.24, 2.45) is 0 Å². The van der Waals surface area contributed by atoms with Gasteiger partial charge in [-0.15, -0.1) is 0 Å². The Morgan fingerprint density at radius 3 is 2.68 bits per heavy atom. The van der Waals surface area contributed by atoms with E-state index in [4.69, 9.17) is 0 Å². The summed E-state index contributed by atoms with van der Waals surface area (Å²) in [5.41, 5.74) is 3.98. The van der Waals surface area contributed by atoms with Gasteiger partial charge < -0.3 is 5.32 Å². The van der Waals surface area contributed by atoms with E-state index in [1.807, 2.05) is 52.0 Å². The summed E-state index contributed by atoms with van der Waals surface area (Å²) in [6.45, 7) is 7.94. The Balaban J connectivity index is 2.10. The van der Waals surface area contributed by atoms with Crippen LogP contribution in [0, 0.1) is 20.8 Å². The van der Waals surface area contributed by atoms with Gasteiger partial charge in [0.2, 0.25) is 5.91 Å². The minimum Gasteiger partial charge on any atom is -0.325 e.